The smallest absolute Gasteiger partial charge is 0.254 e. The Morgan fingerprint density at radius 3 is 3.11 bits per heavy atom. The molecule has 1 aromatic heterocycles. The van der Waals surface area contributed by atoms with E-state index in [-0.39, 0.29) is 5.91 Å². The van der Waals surface area contributed by atoms with Crippen LogP contribution in [0.2, 0.25) is 0 Å². The molecular formula is C14H14BrN3O. The number of carbonyl (C=O) groups excluding carboxylic acids is 1. The average Bonchev–Trinajstić information content (AvgIpc) is 2.85. The van der Waals surface area contributed by atoms with E-state index in [0.717, 1.165) is 39.8 Å². The third-order valence-corrected chi connectivity index (χ3v) is 4.00. The summed E-state index contributed by atoms with van der Waals surface area (Å²) in [5.41, 5.74) is 4.04. The Labute approximate surface area is 119 Å². The van der Waals surface area contributed by atoms with Gasteiger partial charge in [0, 0.05) is 40.8 Å². The topological polar surface area (TPSA) is 49.0 Å². The van der Waals surface area contributed by atoms with Crippen molar-refractivity contribution in [3.8, 4) is 0 Å². The van der Waals surface area contributed by atoms with Crippen LogP contribution in [-0.4, -0.2) is 27.5 Å². The van der Waals surface area contributed by atoms with Crippen LogP contribution in [0.3, 0.4) is 0 Å². The van der Waals surface area contributed by atoms with Gasteiger partial charge in [0.25, 0.3) is 5.91 Å². The molecule has 19 heavy (non-hydrogen) atoms. The quantitative estimate of drug-likeness (QED) is 0.878. The maximum absolute atomic E-state index is 12.5. The van der Waals surface area contributed by atoms with E-state index < -0.39 is 0 Å². The zero-order chi connectivity index (χ0) is 13.4. The van der Waals surface area contributed by atoms with E-state index in [4.69, 9.17) is 0 Å². The van der Waals surface area contributed by atoms with Crippen molar-refractivity contribution in [1.82, 2.24) is 15.1 Å². The number of benzene rings is 1. The Morgan fingerprint density at radius 1 is 1.47 bits per heavy atom. The van der Waals surface area contributed by atoms with Crippen LogP contribution in [0, 0.1) is 6.92 Å². The van der Waals surface area contributed by atoms with Crippen LogP contribution >= 0.6 is 15.9 Å². The van der Waals surface area contributed by atoms with Gasteiger partial charge in [-0.2, -0.15) is 5.10 Å². The van der Waals surface area contributed by atoms with Gasteiger partial charge >= 0.3 is 0 Å². The highest BCUT2D eigenvalue weighted by molar-refractivity contribution is 9.10. The molecule has 1 amide bonds. The van der Waals surface area contributed by atoms with Gasteiger partial charge in [0.2, 0.25) is 0 Å². The summed E-state index contributed by atoms with van der Waals surface area (Å²) in [6, 6.07) is 5.76. The summed E-state index contributed by atoms with van der Waals surface area (Å²) in [7, 11) is 0. The second kappa shape index (κ2) is 4.81. The van der Waals surface area contributed by atoms with Crippen LogP contribution in [0.1, 0.15) is 27.2 Å². The Hall–Kier alpha value is -1.62. The summed E-state index contributed by atoms with van der Waals surface area (Å²) >= 11 is 3.42. The molecule has 1 aromatic carbocycles. The van der Waals surface area contributed by atoms with Crippen LogP contribution < -0.4 is 0 Å². The van der Waals surface area contributed by atoms with E-state index in [1.807, 2.05) is 36.2 Å². The molecule has 1 aliphatic heterocycles. The lowest BCUT2D eigenvalue weighted by atomic mass is 10.0. The molecule has 0 aliphatic carbocycles. The molecule has 98 valence electrons. The predicted octanol–water partition coefficient (Wildman–Crippen LogP) is 2.68. The number of aromatic amines is 1. The van der Waals surface area contributed by atoms with Crippen molar-refractivity contribution in [2.45, 2.75) is 19.9 Å². The molecule has 0 atom stereocenters. The summed E-state index contributed by atoms with van der Waals surface area (Å²) in [6.45, 7) is 3.34. The zero-order valence-corrected chi connectivity index (χ0v) is 12.2. The first-order valence-electron chi connectivity index (χ1n) is 6.21. The van der Waals surface area contributed by atoms with E-state index in [0.29, 0.717) is 6.54 Å². The van der Waals surface area contributed by atoms with E-state index >= 15 is 0 Å². The number of aryl methyl sites for hydroxylation is 1. The fraction of sp³-hybridized carbons (Fsp3) is 0.286. The number of halogens is 1. The fourth-order valence-corrected chi connectivity index (χ4v) is 2.91. The van der Waals surface area contributed by atoms with Gasteiger partial charge in [-0.05, 0) is 30.7 Å². The zero-order valence-electron chi connectivity index (χ0n) is 10.6. The molecule has 1 N–H and O–H groups in total. The lowest BCUT2D eigenvalue weighted by Gasteiger charge is -2.27. The normalized spacial score (nSPS) is 14.3. The lowest BCUT2D eigenvalue weighted by Crippen LogP contribution is -2.36. The van der Waals surface area contributed by atoms with Gasteiger partial charge in [0.1, 0.15) is 0 Å². The SMILES string of the molecule is Cc1cc(Br)ccc1C(=O)N1CCc2[nH]ncc2C1. The van der Waals surface area contributed by atoms with Gasteiger partial charge in [0.15, 0.2) is 0 Å². The van der Waals surface area contributed by atoms with Crippen LogP contribution in [-0.2, 0) is 13.0 Å². The second-order valence-electron chi connectivity index (χ2n) is 4.81. The van der Waals surface area contributed by atoms with Crippen molar-refractivity contribution in [3.63, 3.8) is 0 Å². The highest BCUT2D eigenvalue weighted by Gasteiger charge is 2.23. The molecular weight excluding hydrogens is 306 g/mol. The van der Waals surface area contributed by atoms with Crippen molar-refractivity contribution in [3.05, 3.63) is 51.3 Å². The number of H-pyrrole nitrogens is 1. The van der Waals surface area contributed by atoms with Gasteiger partial charge in [-0.1, -0.05) is 15.9 Å². The molecule has 0 radical (unpaired) electrons. The first kappa shape index (κ1) is 12.4. The van der Waals surface area contributed by atoms with E-state index in [9.17, 15) is 4.79 Å². The van der Waals surface area contributed by atoms with Crippen LogP contribution in [0.15, 0.2) is 28.9 Å². The number of carbonyl (C=O) groups is 1. The second-order valence-corrected chi connectivity index (χ2v) is 5.73. The van der Waals surface area contributed by atoms with Gasteiger partial charge in [-0.3, -0.25) is 9.89 Å². The van der Waals surface area contributed by atoms with Crippen molar-refractivity contribution < 1.29 is 4.79 Å². The van der Waals surface area contributed by atoms with E-state index in [1.165, 1.54) is 0 Å². The van der Waals surface area contributed by atoms with Gasteiger partial charge in [-0.25, -0.2) is 0 Å². The number of hydrogen-bond acceptors (Lipinski definition) is 2. The van der Waals surface area contributed by atoms with Crippen molar-refractivity contribution in [2.24, 2.45) is 0 Å². The average molecular weight is 320 g/mol. The molecule has 4 nitrogen and oxygen atoms in total. The summed E-state index contributed by atoms with van der Waals surface area (Å²) in [5.74, 6) is 0.0943. The number of rotatable bonds is 1. The number of nitrogens with one attached hydrogen (secondary N) is 1. The van der Waals surface area contributed by atoms with Crippen LogP contribution in [0.4, 0.5) is 0 Å². The molecule has 2 heterocycles. The summed E-state index contributed by atoms with van der Waals surface area (Å²) in [5, 5.41) is 7.01. The van der Waals surface area contributed by atoms with E-state index in [1.54, 1.807) is 0 Å². The summed E-state index contributed by atoms with van der Waals surface area (Å²) in [6.07, 6.45) is 2.65. The third-order valence-electron chi connectivity index (χ3n) is 3.51. The van der Waals surface area contributed by atoms with Crippen molar-refractivity contribution >= 4 is 21.8 Å². The highest BCUT2D eigenvalue weighted by Crippen LogP contribution is 2.21. The van der Waals surface area contributed by atoms with Crippen molar-refractivity contribution in [1.29, 1.82) is 0 Å². The Bertz CT molecular complexity index is 635. The highest BCUT2D eigenvalue weighted by atomic mass is 79.9. The largest absolute Gasteiger partial charge is 0.334 e. The van der Waals surface area contributed by atoms with Crippen LogP contribution in [0.25, 0.3) is 0 Å². The molecule has 2 aromatic rings. The maximum Gasteiger partial charge on any atom is 0.254 e. The van der Waals surface area contributed by atoms with Gasteiger partial charge in [0.05, 0.1) is 6.20 Å². The Kier molecular flexibility index (Phi) is 3.14. The summed E-state index contributed by atoms with van der Waals surface area (Å²) in [4.78, 5) is 14.4. The minimum Gasteiger partial charge on any atom is -0.334 e. The van der Waals surface area contributed by atoms with Crippen molar-refractivity contribution in [2.75, 3.05) is 6.54 Å². The van der Waals surface area contributed by atoms with Gasteiger partial charge in [-0.15, -0.1) is 0 Å². The molecule has 3 rings (SSSR count). The molecule has 0 spiro atoms. The number of nitrogens with zero attached hydrogens (tertiary/aromatic N) is 2. The third kappa shape index (κ3) is 2.30. The molecule has 0 unspecified atom stereocenters. The molecule has 0 saturated heterocycles. The van der Waals surface area contributed by atoms with E-state index in [2.05, 4.69) is 26.1 Å². The fourth-order valence-electron chi connectivity index (χ4n) is 2.43. The van der Waals surface area contributed by atoms with Gasteiger partial charge < -0.3 is 4.90 Å². The minimum atomic E-state index is 0.0943. The monoisotopic (exact) mass is 319 g/mol. The standard InChI is InChI=1S/C14H14BrN3O/c1-9-6-11(15)2-3-12(9)14(19)18-5-4-13-10(8-18)7-16-17-13/h2-3,6-7H,4-5,8H2,1H3,(H,16,17). The summed E-state index contributed by atoms with van der Waals surface area (Å²) < 4.78 is 0.998. The Morgan fingerprint density at radius 2 is 2.32 bits per heavy atom. The maximum atomic E-state index is 12.5. The molecule has 0 fully saturated rings. The first-order chi connectivity index (χ1) is 9.15. The van der Waals surface area contributed by atoms with Crippen LogP contribution in [0.5, 0.6) is 0 Å². The predicted molar refractivity (Wildman–Crippen MR) is 75.9 cm³/mol. The Balaban J connectivity index is 1.85. The molecule has 0 bridgehead atoms. The molecule has 5 heteroatoms. The molecule has 1 aliphatic rings. The number of fused-ring (bicyclic) bond motifs is 1. The number of aromatic nitrogens is 2. The minimum absolute atomic E-state index is 0.0943. The number of hydrogen-bond donors (Lipinski definition) is 1. The first-order valence-corrected chi connectivity index (χ1v) is 7.01. The number of amides is 1. The molecule has 0 saturated carbocycles. The lowest BCUT2D eigenvalue weighted by molar-refractivity contribution is 0.0733.